The van der Waals surface area contributed by atoms with E-state index < -0.39 is 0 Å². The Bertz CT molecular complexity index is 739. The fourth-order valence-corrected chi connectivity index (χ4v) is 4.01. The number of phenolic OH excluding ortho intramolecular Hbond substituents is 1. The van der Waals surface area contributed by atoms with Gasteiger partial charge in [0.15, 0.2) is 0 Å². The van der Waals surface area contributed by atoms with Crippen LogP contribution in [0.4, 0.5) is 11.4 Å². The highest BCUT2D eigenvalue weighted by Crippen LogP contribution is 2.34. The minimum atomic E-state index is -0.0747. The smallest absolute Gasteiger partial charge is 0.120 e. The van der Waals surface area contributed by atoms with Crippen molar-refractivity contribution in [2.75, 3.05) is 49.7 Å². The van der Waals surface area contributed by atoms with Gasteiger partial charge in [0.25, 0.3) is 0 Å². The predicted molar refractivity (Wildman–Crippen MR) is 103 cm³/mol. The van der Waals surface area contributed by atoms with Crippen LogP contribution in [0.3, 0.4) is 0 Å². The maximum absolute atomic E-state index is 9.48. The van der Waals surface area contributed by atoms with Gasteiger partial charge in [-0.1, -0.05) is 6.07 Å². The van der Waals surface area contributed by atoms with Crippen LogP contribution in [0.1, 0.15) is 12.8 Å². The minimum absolute atomic E-state index is 0.0747. The summed E-state index contributed by atoms with van der Waals surface area (Å²) in [6.07, 6.45) is 2.02. The van der Waals surface area contributed by atoms with Crippen molar-refractivity contribution < 1.29 is 14.6 Å². The molecule has 4 rings (SSSR count). The van der Waals surface area contributed by atoms with Crippen molar-refractivity contribution in [1.82, 2.24) is 0 Å². The number of methoxy groups -OCH3 is 1. The highest BCUT2D eigenvalue weighted by Gasteiger charge is 2.39. The van der Waals surface area contributed by atoms with Gasteiger partial charge in [-0.3, -0.25) is 0 Å². The molecule has 26 heavy (non-hydrogen) atoms. The first kappa shape index (κ1) is 17.0. The molecule has 0 aromatic heterocycles. The molecule has 0 atom stereocenters. The first-order chi connectivity index (χ1) is 12.7. The first-order valence-electron chi connectivity index (χ1n) is 9.24. The summed E-state index contributed by atoms with van der Waals surface area (Å²) in [6.45, 7) is 4.53. The average molecular weight is 354 g/mol. The minimum Gasteiger partial charge on any atom is -0.508 e. The Hall–Kier alpha value is -2.40. The summed E-state index contributed by atoms with van der Waals surface area (Å²) < 4.78 is 11.7. The van der Waals surface area contributed by atoms with Crippen LogP contribution in [-0.4, -0.2) is 50.6 Å². The number of nitrogens with zero attached hydrogens (tertiary/aromatic N) is 2. The normalized spacial score (nSPS) is 19.6. The van der Waals surface area contributed by atoms with E-state index in [0.717, 1.165) is 57.1 Å². The van der Waals surface area contributed by atoms with E-state index in [4.69, 9.17) is 9.47 Å². The number of anilines is 2. The van der Waals surface area contributed by atoms with E-state index in [1.54, 1.807) is 19.2 Å². The monoisotopic (exact) mass is 354 g/mol. The van der Waals surface area contributed by atoms with E-state index >= 15 is 0 Å². The third-order valence-corrected chi connectivity index (χ3v) is 5.56. The lowest BCUT2D eigenvalue weighted by Gasteiger charge is -2.48. The number of hydrogen-bond donors (Lipinski definition) is 1. The molecule has 2 fully saturated rings. The quantitative estimate of drug-likeness (QED) is 0.916. The summed E-state index contributed by atoms with van der Waals surface area (Å²) >= 11 is 0. The van der Waals surface area contributed by atoms with E-state index in [1.807, 2.05) is 24.3 Å². The van der Waals surface area contributed by atoms with Crippen LogP contribution >= 0.6 is 0 Å². The van der Waals surface area contributed by atoms with Gasteiger partial charge in [-0.25, -0.2) is 0 Å². The molecule has 0 saturated carbocycles. The van der Waals surface area contributed by atoms with Gasteiger partial charge in [-0.2, -0.15) is 0 Å². The molecule has 1 N–H and O–H groups in total. The zero-order valence-corrected chi connectivity index (χ0v) is 15.2. The summed E-state index contributed by atoms with van der Waals surface area (Å²) in [5, 5.41) is 9.48. The van der Waals surface area contributed by atoms with Crippen LogP contribution in [0.25, 0.3) is 0 Å². The molecule has 5 nitrogen and oxygen atoms in total. The second-order valence-corrected chi connectivity index (χ2v) is 7.16. The molecule has 0 radical (unpaired) electrons. The largest absolute Gasteiger partial charge is 0.508 e. The summed E-state index contributed by atoms with van der Waals surface area (Å²) in [6, 6.07) is 15.7. The van der Waals surface area contributed by atoms with Crippen molar-refractivity contribution in [3.05, 3.63) is 48.5 Å². The fourth-order valence-electron chi connectivity index (χ4n) is 4.01. The topological polar surface area (TPSA) is 45.2 Å². The van der Waals surface area contributed by atoms with Crippen molar-refractivity contribution >= 4 is 11.4 Å². The third-order valence-electron chi connectivity index (χ3n) is 5.56. The molecule has 0 amide bonds. The summed E-state index contributed by atoms with van der Waals surface area (Å²) in [4.78, 5) is 4.79. The maximum Gasteiger partial charge on any atom is 0.120 e. The van der Waals surface area contributed by atoms with Crippen LogP contribution in [0, 0.1) is 0 Å². The Balaban J connectivity index is 1.43. The van der Waals surface area contributed by atoms with E-state index in [1.165, 1.54) is 5.69 Å². The Morgan fingerprint density at radius 3 is 2.46 bits per heavy atom. The molecular weight excluding hydrogens is 328 g/mol. The van der Waals surface area contributed by atoms with Crippen molar-refractivity contribution in [2.45, 2.75) is 18.4 Å². The maximum atomic E-state index is 9.48. The van der Waals surface area contributed by atoms with Crippen LogP contribution in [-0.2, 0) is 4.74 Å². The lowest BCUT2D eigenvalue weighted by atomic mass is 9.89. The number of benzene rings is 2. The average Bonchev–Trinajstić information content (AvgIpc) is 2.69. The second-order valence-electron chi connectivity index (χ2n) is 7.16. The van der Waals surface area contributed by atoms with Crippen molar-refractivity contribution in [3.63, 3.8) is 0 Å². The lowest BCUT2D eigenvalue weighted by Crippen LogP contribution is -2.57. The van der Waals surface area contributed by atoms with Gasteiger partial charge >= 0.3 is 0 Å². The molecule has 2 aromatic carbocycles. The fraction of sp³-hybridized carbons (Fsp3) is 0.429. The number of ether oxygens (including phenoxy) is 2. The van der Waals surface area contributed by atoms with Crippen molar-refractivity contribution in [3.8, 4) is 11.5 Å². The number of rotatable bonds is 3. The van der Waals surface area contributed by atoms with Gasteiger partial charge in [-0.05, 0) is 49.2 Å². The lowest BCUT2D eigenvalue weighted by molar-refractivity contribution is -0.0704. The number of hydrogen-bond acceptors (Lipinski definition) is 5. The molecule has 2 heterocycles. The molecular formula is C21H26N2O3. The Labute approximate surface area is 154 Å². The van der Waals surface area contributed by atoms with Crippen molar-refractivity contribution in [2.24, 2.45) is 0 Å². The van der Waals surface area contributed by atoms with Crippen LogP contribution < -0.4 is 14.5 Å². The van der Waals surface area contributed by atoms with Gasteiger partial charge in [0.2, 0.25) is 0 Å². The zero-order valence-electron chi connectivity index (χ0n) is 15.2. The SMILES string of the molecule is COc1cccc(N2CCOC3(CCN(c4ccc(O)cc4)CC3)C2)c1. The molecule has 2 aromatic rings. The number of aromatic hydroxyl groups is 1. The number of piperidine rings is 1. The summed E-state index contributed by atoms with van der Waals surface area (Å²) in [5.74, 6) is 1.21. The summed E-state index contributed by atoms with van der Waals surface area (Å²) in [7, 11) is 1.71. The van der Waals surface area contributed by atoms with Crippen LogP contribution in [0.5, 0.6) is 11.5 Å². The van der Waals surface area contributed by atoms with Gasteiger partial charge in [0.05, 0.1) is 19.3 Å². The van der Waals surface area contributed by atoms with Crippen molar-refractivity contribution in [1.29, 1.82) is 0 Å². The molecule has 138 valence electrons. The third kappa shape index (κ3) is 3.44. The van der Waals surface area contributed by atoms with Gasteiger partial charge in [-0.15, -0.1) is 0 Å². The van der Waals surface area contributed by atoms with E-state index in [-0.39, 0.29) is 5.60 Å². The Morgan fingerprint density at radius 2 is 1.73 bits per heavy atom. The van der Waals surface area contributed by atoms with Gasteiger partial charge < -0.3 is 24.4 Å². The molecule has 0 bridgehead atoms. The molecule has 2 aliphatic rings. The van der Waals surface area contributed by atoms with Crippen LogP contribution in [0.2, 0.25) is 0 Å². The molecule has 1 spiro atoms. The predicted octanol–water partition coefficient (Wildman–Crippen LogP) is 3.28. The highest BCUT2D eigenvalue weighted by molar-refractivity contribution is 5.52. The Morgan fingerprint density at radius 1 is 0.962 bits per heavy atom. The van der Waals surface area contributed by atoms with E-state index in [0.29, 0.717) is 5.75 Å². The van der Waals surface area contributed by atoms with Gasteiger partial charge in [0, 0.05) is 43.6 Å². The van der Waals surface area contributed by atoms with Gasteiger partial charge in [0.1, 0.15) is 11.5 Å². The standard InChI is InChI=1S/C21H26N2O3/c1-25-20-4-2-3-18(15-20)23-13-14-26-21(16-23)9-11-22(12-10-21)17-5-7-19(24)8-6-17/h2-8,15,24H,9-14,16H2,1H3. The Kier molecular flexibility index (Phi) is 4.64. The first-order valence-corrected chi connectivity index (χ1v) is 9.24. The molecule has 5 heteroatoms. The van der Waals surface area contributed by atoms with Crippen LogP contribution in [0.15, 0.2) is 48.5 Å². The summed E-state index contributed by atoms with van der Waals surface area (Å²) in [5.41, 5.74) is 2.29. The molecule has 0 aliphatic carbocycles. The second kappa shape index (κ2) is 7.08. The number of phenols is 1. The molecule has 0 unspecified atom stereocenters. The molecule has 2 saturated heterocycles. The molecule has 2 aliphatic heterocycles. The highest BCUT2D eigenvalue weighted by atomic mass is 16.5. The van der Waals surface area contributed by atoms with E-state index in [2.05, 4.69) is 21.9 Å². The van der Waals surface area contributed by atoms with E-state index in [9.17, 15) is 5.11 Å². The number of morpholine rings is 1. The zero-order chi connectivity index (χ0) is 18.0.